The first kappa shape index (κ1) is 14.1. The summed E-state index contributed by atoms with van der Waals surface area (Å²) in [4.78, 5) is 19.9. The zero-order chi connectivity index (χ0) is 14.7. The Morgan fingerprint density at radius 2 is 2.43 bits per heavy atom. The molecule has 21 heavy (non-hydrogen) atoms. The van der Waals surface area contributed by atoms with Gasteiger partial charge in [0.05, 0.1) is 6.04 Å². The lowest BCUT2D eigenvalue weighted by Crippen LogP contribution is -2.44. The molecule has 1 aliphatic rings. The van der Waals surface area contributed by atoms with Crippen molar-refractivity contribution >= 4 is 17.4 Å². The second kappa shape index (κ2) is 6.26. The van der Waals surface area contributed by atoms with Gasteiger partial charge in [0.2, 0.25) is 0 Å². The minimum absolute atomic E-state index is 0.0163. The largest absolute Gasteiger partial charge is 0.334 e. The van der Waals surface area contributed by atoms with E-state index in [1.165, 1.54) is 10.4 Å². The summed E-state index contributed by atoms with van der Waals surface area (Å²) < 4.78 is 0. The molecule has 110 valence electrons. The molecule has 0 aliphatic carbocycles. The van der Waals surface area contributed by atoms with Gasteiger partial charge in [-0.05, 0) is 41.5 Å². The molecule has 1 N–H and O–H groups in total. The molecule has 0 unspecified atom stereocenters. The van der Waals surface area contributed by atoms with Crippen LogP contribution in [-0.4, -0.2) is 22.5 Å². The zero-order valence-corrected chi connectivity index (χ0v) is 12.9. The third-order valence-electron chi connectivity index (χ3n) is 3.91. The molecule has 2 amide bonds. The van der Waals surface area contributed by atoms with Gasteiger partial charge in [-0.15, -0.1) is 11.3 Å². The van der Waals surface area contributed by atoms with Crippen LogP contribution in [0.25, 0.3) is 0 Å². The van der Waals surface area contributed by atoms with Crippen LogP contribution in [0.4, 0.5) is 4.79 Å². The number of hydrogen-bond donors (Lipinski definition) is 1. The summed E-state index contributed by atoms with van der Waals surface area (Å²) in [6.07, 6.45) is 5.43. The Morgan fingerprint density at radius 1 is 1.52 bits per heavy atom. The Morgan fingerprint density at radius 3 is 3.19 bits per heavy atom. The molecule has 3 heterocycles. The molecule has 2 aromatic rings. The van der Waals surface area contributed by atoms with Crippen molar-refractivity contribution in [2.75, 3.05) is 6.54 Å². The minimum Gasteiger partial charge on any atom is -0.334 e. The number of rotatable bonds is 3. The van der Waals surface area contributed by atoms with E-state index in [-0.39, 0.29) is 12.1 Å². The molecule has 0 aromatic carbocycles. The second-order valence-electron chi connectivity index (χ2n) is 5.19. The highest BCUT2D eigenvalue weighted by atomic mass is 32.1. The third-order valence-corrected chi connectivity index (χ3v) is 4.91. The molecular formula is C16H19N3OS. The SMILES string of the molecule is CC[C@H]1c2ccsc2CCN1C(=O)NCc1cccnc1. The van der Waals surface area contributed by atoms with Crippen molar-refractivity contribution in [3.05, 3.63) is 52.0 Å². The van der Waals surface area contributed by atoms with Crippen molar-refractivity contribution < 1.29 is 4.79 Å². The fourth-order valence-electron chi connectivity index (χ4n) is 2.86. The lowest BCUT2D eigenvalue weighted by molar-refractivity contribution is 0.167. The maximum atomic E-state index is 12.5. The van der Waals surface area contributed by atoms with E-state index >= 15 is 0 Å². The molecule has 4 nitrogen and oxygen atoms in total. The first-order valence-electron chi connectivity index (χ1n) is 7.29. The van der Waals surface area contributed by atoms with Gasteiger partial charge in [-0.25, -0.2) is 4.79 Å². The van der Waals surface area contributed by atoms with Gasteiger partial charge in [0, 0.05) is 30.4 Å². The molecule has 5 heteroatoms. The van der Waals surface area contributed by atoms with Crippen LogP contribution in [0.3, 0.4) is 0 Å². The van der Waals surface area contributed by atoms with Gasteiger partial charge in [-0.3, -0.25) is 4.98 Å². The lowest BCUT2D eigenvalue weighted by Gasteiger charge is -2.35. The number of nitrogens with zero attached hydrogens (tertiary/aromatic N) is 2. The fraction of sp³-hybridized carbons (Fsp3) is 0.375. The summed E-state index contributed by atoms with van der Waals surface area (Å²) in [6.45, 7) is 3.46. The number of carbonyl (C=O) groups is 1. The van der Waals surface area contributed by atoms with Crippen molar-refractivity contribution in [3.8, 4) is 0 Å². The van der Waals surface area contributed by atoms with E-state index < -0.39 is 0 Å². The maximum Gasteiger partial charge on any atom is 0.318 e. The molecule has 3 rings (SSSR count). The molecule has 0 radical (unpaired) electrons. The van der Waals surface area contributed by atoms with Crippen molar-refractivity contribution in [2.45, 2.75) is 32.4 Å². The Hall–Kier alpha value is -1.88. The second-order valence-corrected chi connectivity index (χ2v) is 6.19. The number of pyridine rings is 1. The monoisotopic (exact) mass is 301 g/mol. The van der Waals surface area contributed by atoms with Crippen molar-refractivity contribution in [1.82, 2.24) is 15.2 Å². The molecule has 0 spiro atoms. The van der Waals surface area contributed by atoms with Gasteiger partial charge in [0.1, 0.15) is 0 Å². The predicted octanol–water partition coefficient (Wildman–Crippen LogP) is 3.36. The first-order chi connectivity index (χ1) is 10.3. The van der Waals surface area contributed by atoms with E-state index in [0.717, 1.165) is 24.9 Å². The topological polar surface area (TPSA) is 45.2 Å². The van der Waals surface area contributed by atoms with Crippen molar-refractivity contribution in [3.63, 3.8) is 0 Å². The summed E-state index contributed by atoms with van der Waals surface area (Å²) in [5.74, 6) is 0. The summed E-state index contributed by atoms with van der Waals surface area (Å²) in [5.41, 5.74) is 2.34. The fourth-order valence-corrected chi connectivity index (χ4v) is 3.79. The highest BCUT2D eigenvalue weighted by Crippen LogP contribution is 2.35. The Labute approximate surface area is 128 Å². The van der Waals surface area contributed by atoms with Crippen LogP contribution >= 0.6 is 11.3 Å². The van der Waals surface area contributed by atoms with Crippen LogP contribution in [-0.2, 0) is 13.0 Å². The Kier molecular flexibility index (Phi) is 4.20. The smallest absolute Gasteiger partial charge is 0.318 e. The third kappa shape index (κ3) is 2.93. The molecule has 0 saturated carbocycles. The van der Waals surface area contributed by atoms with E-state index in [4.69, 9.17) is 0 Å². The average molecular weight is 301 g/mol. The van der Waals surface area contributed by atoms with E-state index in [2.05, 4.69) is 28.7 Å². The van der Waals surface area contributed by atoms with Gasteiger partial charge in [-0.1, -0.05) is 13.0 Å². The van der Waals surface area contributed by atoms with Crippen LogP contribution in [0.15, 0.2) is 36.0 Å². The Bertz CT molecular complexity index is 611. The van der Waals surface area contributed by atoms with E-state index in [0.29, 0.717) is 6.54 Å². The number of thiophene rings is 1. The van der Waals surface area contributed by atoms with E-state index in [1.807, 2.05) is 17.0 Å². The standard InChI is InChI=1S/C16H19N3OS/c1-2-14-13-6-9-21-15(13)5-8-19(14)16(20)18-11-12-4-3-7-17-10-12/h3-4,6-7,9-10,14H,2,5,8,11H2,1H3,(H,18,20)/t14-/m0/s1. The maximum absolute atomic E-state index is 12.5. The highest BCUT2D eigenvalue weighted by Gasteiger charge is 2.30. The number of hydrogen-bond acceptors (Lipinski definition) is 3. The van der Waals surface area contributed by atoms with E-state index in [1.54, 1.807) is 23.7 Å². The number of amides is 2. The number of nitrogens with one attached hydrogen (secondary N) is 1. The first-order valence-corrected chi connectivity index (χ1v) is 8.17. The van der Waals surface area contributed by atoms with Gasteiger partial charge in [-0.2, -0.15) is 0 Å². The van der Waals surface area contributed by atoms with Crippen molar-refractivity contribution in [1.29, 1.82) is 0 Å². The summed E-state index contributed by atoms with van der Waals surface area (Å²) in [6, 6.07) is 6.23. The molecule has 0 bridgehead atoms. The molecule has 1 aliphatic heterocycles. The zero-order valence-electron chi connectivity index (χ0n) is 12.1. The average Bonchev–Trinajstić information content (AvgIpc) is 3.01. The van der Waals surface area contributed by atoms with Crippen LogP contribution in [0.2, 0.25) is 0 Å². The van der Waals surface area contributed by atoms with E-state index in [9.17, 15) is 4.79 Å². The molecular weight excluding hydrogens is 282 g/mol. The number of urea groups is 1. The lowest BCUT2D eigenvalue weighted by atomic mass is 9.98. The summed E-state index contributed by atoms with van der Waals surface area (Å²) in [5, 5.41) is 5.14. The van der Waals surface area contributed by atoms with Gasteiger partial charge in [0.15, 0.2) is 0 Å². The normalized spacial score (nSPS) is 17.4. The van der Waals surface area contributed by atoms with Crippen LogP contribution in [0.5, 0.6) is 0 Å². The Balaban J connectivity index is 1.67. The molecule has 2 aromatic heterocycles. The number of aromatic nitrogens is 1. The number of carbonyl (C=O) groups excluding carboxylic acids is 1. The summed E-state index contributed by atoms with van der Waals surface area (Å²) in [7, 11) is 0. The molecule has 1 atom stereocenters. The highest BCUT2D eigenvalue weighted by molar-refractivity contribution is 7.10. The molecule has 0 saturated heterocycles. The number of fused-ring (bicyclic) bond motifs is 1. The van der Waals surface area contributed by atoms with Gasteiger partial charge in [0.25, 0.3) is 0 Å². The van der Waals surface area contributed by atoms with Crippen LogP contribution in [0.1, 0.15) is 35.4 Å². The van der Waals surface area contributed by atoms with Crippen LogP contribution in [0, 0.1) is 0 Å². The quantitative estimate of drug-likeness (QED) is 0.945. The summed E-state index contributed by atoms with van der Waals surface area (Å²) >= 11 is 1.80. The predicted molar refractivity (Wildman–Crippen MR) is 84.2 cm³/mol. The van der Waals surface area contributed by atoms with Crippen LogP contribution < -0.4 is 5.32 Å². The molecule has 0 fully saturated rings. The van der Waals surface area contributed by atoms with Crippen molar-refractivity contribution in [2.24, 2.45) is 0 Å². The minimum atomic E-state index is 0.0163. The van der Waals surface area contributed by atoms with Gasteiger partial charge >= 0.3 is 6.03 Å². The van der Waals surface area contributed by atoms with Gasteiger partial charge < -0.3 is 10.2 Å².